The normalized spacial score (nSPS) is 10.2. The van der Waals surface area contributed by atoms with Crippen LogP contribution in [-0.2, 0) is 0 Å². The highest BCUT2D eigenvalue weighted by molar-refractivity contribution is 5.57. The molecule has 1 rings (SSSR count). The second-order valence-corrected chi connectivity index (χ2v) is 3.89. The maximum absolute atomic E-state index is 4.42. The van der Waals surface area contributed by atoms with Gasteiger partial charge in [-0.1, -0.05) is 6.92 Å². The summed E-state index contributed by atoms with van der Waals surface area (Å²) in [4.78, 5) is 10.8. The van der Waals surface area contributed by atoms with Crippen molar-refractivity contribution in [2.75, 3.05) is 30.9 Å². The Balaban J connectivity index is 3.05. The van der Waals surface area contributed by atoms with Gasteiger partial charge in [-0.2, -0.15) is 0 Å². The van der Waals surface area contributed by atoms with Gasteiger partial charge in [-0.3, -0.25) is 0 Å². The predicted molar refractivity (Wildman–Crippen MR) is 64.6 cm³/mol. The average molecular weight is 208 g/mol. The summed E-state index contributed by atoms with van der Waals surface area (Å²) in [6.45, 7) is 7.06. The largest absolute Gasteiger partial charge is 0.370 e. The highest BCUT2D eigenvalue weighted by Gasteiger charge is 2.09. The molecule has 0 saturated carbocycles. The molecule has 0 saturated heterocycles. The van der Waals surface area contributed by atoms with Crippen molar-refractivity contribution in [2.45, 2.75) is 27.2 Å². The number of rotatable bonds is 4. The van der Waals surface area contributed by atoms with Crippen LogP contribution in [0.3, 0.4) is 0 Å². The topological polar surface area (TPSA) is 41.1 Å². The summed E-state index contributed by atoms with van der Waals surface area (Å²) in [6, 6.07) is 0. The third kappa shape index (κ3) is 2.81. The van der Waals surface area contributed by atoms with Crippen LogP contribution in [0, 0.1) is 13.8 Å². The van der Waals surface area contributed by atoms with E-state index in [0.717, 1.165) is 36.0 Å². The second-order valence-electron chi connectivity index (χ2n) is 3.89. The molecule has 0 aliphatic rings. The molecular formula is C11H20N4. The monoisotopic (exact) mass is 208 g/mol. The van der Waals surface area contributed by atoms with E-state index in [-0.39, 0.29) is 0 Å². The number of hydrogen-bond donors (Lipinski definition) is 1. The zero-order chi connectivity index (χ0) is 11.4. The molecule has 0 aromatic carbocycles. The molecule has 15 heavy (non-hydrogen) atoms. The maximum Gasteiger partial charge on any atom is 0.136 e. The van der Waals surface area contributed by atoms with Gasteiger partial charge in [-0.15, -0.1) is 0 Å². The molecule has 4 heteroatoms. The first-order valence-electron chi connectivity index (χ1n) is 5.32. The Kier molecular flexibility index (Phi) is 3.88. The van der Waals surface area contributed by atoms with Crippen LogP contribution in [0.2, 0.25) is 0 Å². The average Bonchev–Trinajstić information content (AvgIpc) is 2.18. The van der Waals surface area contributed by atoms with Crippen LogP contribution in [0.15, 0.2) is 0 Å². The number of nitrogens with zero attached hydrogens (tertiary/aromatic N) is 3. The zero-order valence-electron chi connectivity index (χ0n) is 10.3. The van der Waals surface area contributed by atoms with E-state index in [9.17, 15) is 0 Å². The predicted octanol–water partition coefficient (Wildman–Crippen LogP) is 1.98. The molecule has 0 aliphatic carbocycles. The minimum Gasteiger partial charge on any atom is -0.370 e. The van der Waals surface area contributed by atoms with Crippen molar-refractivity contribution >= 4 is 11.6 Å². The molecule has 0 atom stereocenters. The van der Waals surface area contributed by atoms with Crippen LogP contribution in [0.5, 0.6) is 0 Å². The Morgan fingerprint density at radius 2 is 1.87 bits per heavy atom. The molecule has 1 aromatic rings. The van der Waals surface area contributed by atoms with Crippen LogP contribution >= 0.6 is 0 Å². The minimum atomic E-state index is 0.808. The molecule has 0 radical (unpaired) electrons. The highest BCUT2D eigenvalue weighted by Crippen LogP contribution is 2.21. The second kappa shape index (κ2) is 4.96. The number of nitrogens with one attached hydrogen (secondary N) is 1. The first-order chi connectivity index (χ1) is 7.06. The molecule has 0 fully saturated rings. The van der Waals surface area contributed by atoms with E-state index in [1.54, 1.807) is 0 Å². The summed E-state index contributed by atoms with van der Waals surface area (Å²) < 4.78 is 0. The van der Waals surface area contributed by atoms with Gasteiger partial charge < -0.3 is 10.2 Å². The zero-order valence-corrected chi connectivity index (χ0v) is 10.3. The fourth-order valence-corrected chi connectivity index (χ4v) is 1.46. The summed E-state index contributed by atoms with van der Waals surface area (Å²) in [5, 5.41) is 3.32. The summed E-state index contributed by atoms with van der Waals surface area (Å²) in [5.41, 5.74) is 1.11. The Morgan fingerprint density at radius 1 is 1.20 bits per heavy atom. The Morgan fingerprint density at radius 3 is 2.40 bits per heavy atom. The molecular weight excluding hydrogens is 188 g/mol. The molecule has 4 nitrogen and oxygen atoms in total. The first-order valence-corrected chi connectivity index (χ1v) is 5.32. The number of anilines is 2. The molecule has 0 aliphatic heterocycles. The van der Waals surface area contributed by atoms with Crippen molar-refractivity contribution in [2.24, 2.45) is 0 Å². The summed E-state index contributed by atoms with van der Waals surface area (Å²) >= 11 is 0. The van der Waals surface area contributed by atoms with E-state index in [1.165, 1.54) is 0 Å². The third-order valence-corrected chi connectivity index (χ3v) is 2.20. The maximum atomic E-state index is 4.42. The van der Waals surface area contributed by atoms with Crippen LogP contribution in [-0.4, -0.2) is 30.6 Å². The molecule has 0 unspecified atom stereocenters. The van der Waals surface area contributed by atoms with Crippen LogP contribution in [0.1, 0.15) is 24.7 Å². The lowest BCUT2D eigenvalue weighted by Gasteiger charge is -2.17. The van der Waals surface area contributed by atoms with E-state index in [4.69, 9.17) is 0 Å². The van der Waals surface area contributed by atoms with Gasteiger partial charge in [-0.05, 0) is 20.3 Å². The van der Waals surface area contributed by atoms with Gasteiger partial charge in [0, 0.05) is 26.2 Å². The van der Waals surface area contributed by atoms with E-state index in [2.05, 4.69) is 22.2 Å². The van der Waals surface area contributed by atoms with Crippen molar-refractivity contribution in [3.8, 4) is 0 Å². The Labute approximate surface area is 91.7 Å². The fourth-order valence-electron chi connectivity index (χ4n) is 1.46. The van der Waals surface area contributed by atoms with Gasteiger partial charge in [0.1, 0.15) is 17.5 Å². The minimum absolute atomic E-state index is 0.808. The lowest BCUT2D eigenvalue weighted by molar-refractivity contribution is 0.931. The van der Waals surface area contributed by atoms with Crippen molar-refractivity contribution in [1.29, 1.82) is 0 Å². The van der Waals surface area contributed by atoms with Crippen LogP contribution in [0.25, 0.3) is 0 Å². The molecule has 0 bridgehead atoms. The smallest absolute Gasteiger partial charge is 0.136 e. The van der Waals surface area contributed by atoms with Gasteiger partial charge in [0.2, 0.25) is 0 Å². The van der Waals surface area contributed by atoms with Gasteiger partial charge in [-0.25, -0.2) is 9.97 Å². The number of hydrogen-bond acceptors (Lipinski definition) is 4. The number of aromatic nitrogens is 2. The van der Waals surface area contributed by atoms with E-state index < -0.39 is 0 Å². The first kappa shape index (κ1) is 11.8. The summed E-state index contributed by atoms with van der Waals surface area (Å²) in [6.07, 6.45) is 1.10. The van der Waals surface area contributed by atoms with Gasteiger partial charge in [0.15, 0.2) is 0 Å². The molecule has 1 N–H and O–H groups in total. The van der Waals surface area contributed by atoms with Crippen molar-refractivity contribution < 1.29 is 0 Å². The van der Waals surface area contributed by atoms with Crippen molar-refractivity contribution in [1.82, 2.24) is 9.97 Å². The van der Waals surface area contributed by atoms with Gasteiger partial charge in [0.05, 0.1) is 0 Å². The lowest BCUT2D eigenvalue weighted by atomic mass is 10.3. The van der Waals surface area contributed by atoms with E-state index in [1.807, 2.05) is 32.8 Å². The molecule has 84 valence electrons. The number of aryl methyl sites for hydroxylation is 1. The van der Waals surface area contributed by atoms with Crippen molar-refractivity contribution in [3.63, 3.8) is 0 Å². The standard InChI is InChI=1S/C11H20N4/c1-6-7-12-10-8(2)11(15(4)5)14-9(3)13-10/h6-7H2,1-5H3,(H,12,13,14). The third-order valence-electron chi connectivity index (χ3n) is 2.20. The van der Waals surface area contributed by atoms with Crippen LogP contribution < -0.4 is 10.2 Å². The van der Waals surface area contributed by atoms with Gasteiger partial charge >= 0.3 is 0 Å². The molecule has 0 spiro atoms. The fraction of sp³-hybridized carbons (Fsp3) is 0.636. The summed E-state index contributed by atoms with van der Waals surface area (Å²) in [5.74, 6) is 2.75. The molecule has 1 aromatic heterocycles. The van der Waals surface area contributed by atoms with Gasteiger partial charge in [0.25, 0.3) is 0 Å². The Hall–Kier alpha value is -1.32. The lowest BCUT2D eigenvalue weighted by Crippen LogP contribution is -2.16. The molecule has 1 heterocycles. The van der Waals surface area contributed by atoms with Crippen molar-refractivity contribution in [3.05, 3.63) is 11.4 Å². The Bertz CT molecular complexity index is 334. The van der Waals surface area contributed by atoms with E-state index in [0.29, 0.717) is 0 Å². The quantitative estimate of drug-likeness (QED) is 0.821. The highest BCUT2D eigenvalue weighted by atomic mass is 15.2. The van der Waals surface area contributed by atoms with Crippen LogP contribution in [0.4, 0.5) is 11.6 Å². The molecule has 0 amide bonds. The SMILES string of the molecule is CCCNc1nc(C)nc(N(C)C)c1C. The summed E-state index contributed by atoms with van der Waals surface area (Å²) in [7, 11) is 4.00. The van der Waals surface area contributed by atoms with E-state index >= 15 is 0 Å².